The van der Waals surface area contributed by atoms with Crippen molar-refractivity contribution in [2.24, 2.45) is 0 Å². The average Bonchev–Trinajstić information content (AvgIpc) is 2.33. The number of aryl methyl sites for hydroxylation is 1. The van der Waals surface area contributed by atoms with Gasteiger partial charge in [-0.2, -0.15) is 0 Å². The smallest absolute Gasteiger partial charge is 0.266 e. The summed E-state index contributed by atoms with van der Waals surface area (Å²) in [5.41, 5.74) is 5.70. The van der Waals surface area contributed by atoms with Crippen molar-refractivity contribution in [3.8, 4) is 0 Å². The molecule has 2 aromatic rings. The molecule has 0 aliphatic carbocycles. The number of benzene rings is 2. The van der Waals surface area contributed by atoms with Crippen LogP contribution in [0.1, 0.15) is 5.56 Å². The summed E-state index contributed by atoms with van der Waals surface area (Å²) in [5.74, 6) is -1.41. The fourth-order valence-corrected chi connectivity index (χ4v) is 2.97. The first kappa shape index (κ1) is 14.3. The van der Waals surface area contributed by atoms with Crippen molar-refractivity contribution in [3.05, 3.63) is 53.6 Å². The van der Waals surface area contributed by atoms with Crippen LogP contribution in [0.2, 0.25) is 0 Å². The molecule has 0 bridgehead atoms. The molecule has 0 amide bonds. The highest BCUT2D eigenvalue weighted by atomic mass is 32.2. The second kappa shape index (κ2) is 5.09. The number of hydrogen-bond donors (Lipinski definition) is 2. The van der Waals surface area contributed by atoms with Crippen LogP contribution in [0.15, 0.2) is 41.3 Å². The van der Waals surface area contributed by atoms with Crippen LogP contribution in [0.5, 0.6) is 0 Å². The molecule has 2 aromatic carbocycles. The van der Waals surface area contributed by atoms with E-state index in [0.717, 1.165) is 12.1 Å². The lowest BCUT2D eigenvalue weighted by atomic mass is 10.2. The summed E-state index contributed by atoms with van der Waals surface area (Å²) in [4.78, 5) is -0.623. The van der Waals surface area contributed by atoms with Gasteiger partial charge in [0.2, 0.25) is 0 Å². The third kappa shape index (κ3) is 2.72. The predicted molar refractivity (Wildman–Crippen MR) is 72.8 cm³/mol. The van der Waals surface area contributed by atoms with Crippen molar-refractivity contribution in [1.82, 2.24) is 0 Å². The molecule has 20 heavy (non-hydrogen) atoms. The van der Waals surface area contributed by atoms with Crippen molar-refractivity contribution in [2.45, 2.75) is 11.8 Å². The van der Waals surface area contributed by atoms with Gasteiger partial charge in [0, 0.05) is 5.69 Å². The van der Waals surface area contributed by atoms with Gasteiger partial charge < -0.3 is 5.73 Å². The molecule has 0 spiro atoms. The lowest BCUT2D eigenvalue weighted by Gasteiger charge is -2.11. The van der Waals surface area contributed by atoms with E-state index in [1.165, 1.54) is 31.2 Å². The monoisotopic (exact) mass is 298 g/mol. The topological polar surface area (TPSA) is 72.2 Å². The van der Waals surface area contributed by atoms with E-state index in [0.29, 0.717) is 0 Å². The molecule has 106 valence electrons. The first-order valence-corrected chi connectivity index (χ1v) is 7.12. The molecule has 0 heterocycles. The van der Waals surface area contributed by atoms with Crippen LogP contribution < -0.4 is 10.5 Å². The van der Waals surface area contributed by atoms with E-state index in [9.17, 15) is 17.2 Å². The van der Waals surface area contributed by atoms with Crippen LogP contribution >= 0.6 is 0 Å². The van der Waals surface area contributed by atoms with E-state index in [1.54, 1.807) is 0 Å². The summed E-state index contributed by atoms with van der Waals surface area (Å²) >= 11 is 0. The largest absolute Gasteiger partial charge is 0.398 e. The van der Waals surface area contributed by atoms with Crippen LogP contribution in [0, 0.1) is 18.6 Å². The lowest BCUT2D eigenvalue weighted by Crippen LogP contribution is -2.16. The Morgan fingerprint density at radius 1 is 1.10 bits per heavy atom. The van der Waals surface area contributed by atoms with E-state index in [1.807, 2.05) is 0 Å². The molecule has 2 rings (SSSR count). The summed E-state index contributed by atoms with van der Waals surface area (Å²) in [6.07, 6.45) is 0. The maximum absolute atomic E-state index is 13.6. The van der Waals surface area contributed by atoms with Gasteiger partial charge in [-0.3, -0.25) is 4.72 Å². The highest BCUT2D eigenvalue weighted by Gasteiger charge is 2.22. The van der Waals surface area contributed by atoms with E-state index < -0.39 is 26.6 Å². The molecule has 0 aliphatic heterocycles. The van der Waals surface area contributed by atoms with Gasteiger partial charge in [0.25, 0.3) is 10.0 Å². The van der Waals surface area contributed by atoms with Crippen molar-refractivity contribution >= 4 is 21.4 Å². The zero-order valence-corrected chi connectivity index (χ0v) is 11.3. The fourth-order valence-electron chi connectivity index (χ4n) is 1.72. The minimum absolute atomic E-state index is 0.131. The van der Waals surface area contributed by atoms with Crippen LogP contribution in [-0.4, -0.2) is 8.42 Å². The van der Waals surface area contributed by atoms with Gasteiger partial charge in [-0.15, -0.1) is 0 Å². The lowest BCUT2D eigenvalue weighted by molar-refractivity contribution is 0.571. The molecule has 0 aliphatic rings. The Kier molecular flexibility index (Phi) is 3.63. The molecule has 0 fully saturated rings. The number of hydrogen-bond acceptors (Lipinski definition) is 3. The zero-order chi connectivity index (χ0) is 14.9. The second-order valence-corrected chi connectivity index (χ2v) is 5.85. The van der Waals surface area contributed by atoms with E-state index in [-0.39, 0.29) is 16.9 Å². The standard InChI is InChI=1S/C13H12F2N2O2S/c1-8-7-9(5-6-10(8)14)17-20(18,19)13-11(15)3-2-4-12(13)16/h2-7,17H,16H2,1H3. The molecular formula is C13H12F2N2O2S. The van der Waals surface area contributed by atoms with Crippen LogP contribution in [0.4, 0.5) is 20.2 Å². The molecule has 0 saturated carbocycles. The first-order valence-electron chi connectivity index (χ1n) is 5.64. The highest BCUT2D eigenvalue weighted by molar-refractivity contribution is 7.92. The van der Waals surface area contributed by atoms with E-state index in [4.69, 9.17) is 5.73 Å². The summed E-state index contributed by atoms with van der Waals surface area (Å²) in [6.45, 7) is 1.49. The van der Waals surface area contributed by atoms with Gasteiger partial charge in [0.15, 0.2) is 0 Å². The SMILES string of the molecule is Cc1cc(NS(=O)(=O)c2c(N)cccc2F)ccc1F. The molecule has 0 radical (unpaired) electrons. The first-order chi connectivity index (χ1) is 9.31. The number of nitrogens with two attached hydrogens (primary N) is 1. The number of nitrogens with one attached hydrogen (secondary N) is 1. The second-order valence-electron chi connectivity index (χ2n) is 4.23. The molecule has 0 saturated heterocycles. The quantitative estimate of drug-likeness (QED) is 0.856. The molecule has 3 N–H and O–H groups in total. The molecule has 4 nitrogen and oxygen atoms in total. The molecule has 0 aromatic heterocycles. The van der Waals surface area contributed by atoms with Crippen molar-refractivity contribution < 1.29 is 17.2 Å². The maximum Gasteiger partial charge on any atom is 0.266 e. The third-order valence-electron chi connectivity index (χ3n) is 2.68. The number of nitrogen functional groups attached to an aromatic ring is 1. The minimum Gasteiger partial charge on any atom is -0.398 e. The fraction of sp³-hybridized carbons (Fsp3) is 0.0769. The Bertz CT molecular complexity index is 741. The number of anilines is 2. The Morgan fingerprint density at radius 3 is 2.40 bits per heavy atom. The maximum atomic E-state index is 13.6. The highest BCUT2D eigenvalue weighted by Crippen LogP contribution is 2.25. The van der Waals surface area contributed by atoms with Crippen molar-refractivity contribution in [1.29, 1.82) is 0 Å². The summed E-state index contributed by atoms with van der Waals surface area (Å²) in [6, 6.07) is 7.28. The normalized spacial score (nSPS) is 11.3. The number of halogens is 2. The Labute approximate surface area is 115 Å². The van der Waals surface area contributed by atoms with Gasteiger partial charge in [-0.25, -0.2) is 17.2 Å². The van der Waals surface area contributed by atoms with Crippen molar-refractivity contribution in [3.63, 3.8) is 0 Å². The van der Waals surface area contributed by atoms with Gasteiger partial charge in [-0.1, -0.05) is 6.07 Å². The Hall–Kier alpha value is -2.15. The summed E-state index contributed by atoms with van der Waals surface area (Å²) < 4.78 is 53.2. The van der Waals surface area contributed by atoms with Gasteiger partial charge >= 0.3 is 0 Å². The number of rotatable bonds is 3. The molecule has 7 heteroatoms. The van der Waals surface area contributed by atoms with E-state index in [2.05, 4.69) is 4.72 Å². The number of sulfonamides is 1. The van der Waals surface area contributed by atoms with Gasteiger partial charge in [-0.05, 0) is 42.8 Å². The molecule has 0 atom stereocenters. The Morgan fingerprint density at radius 2 is 1.80 bits per heavy atom. The van der Waals surface area contributed by atoms with Gasteiger partial charge in [0.05, 0.1) is 5.69 Å². The van der Waals surface area contributed by atoms with Crippen LogP contribution in [0.3, 0.4) is 0 Å². The average molecular weight is 298 g/mol. The molecule has 0 unspecified atom stereocenters. The zero-order valence-electron chi connectivity index (χ0n) is 10.5. The van der Waals surface area contributed by atoms with Crippen LogP contribution in [0.25, 0.3) is 0 Å². The Balaban J connectivity index is 2.43. The molecular weight excluding hydrogens is 286 g/mol. The van der Waals surface area contributed by atoms with E-state index >= 15 is 0 Å². The summed E-state index contributed by atoms with van der Waals surface area (Å²) in [5, 5.41) is 0. The summed E-state index contributed by atoms with van der Waals surface area (Å²) in [7, 11) is -4.18. The third-order valence-corrected chi connectivity index (χ3v) is 4.15. The van der Waals surface area contributed by atoms with Crippen LogP contribution in [-0.2, 0) is 10.0 Å². The van der Waals surface area contributed by atoms with Gasteiger partial charge in [0.1, 0.15) is 16.5 Å². The minimum atomic E-state index is -4.18. The van der Waals surface area contributed by atoms with Crippen molar-refractivity contribution in [2.75, 3.05) is 10.5 Å². The predicted octanol–water partition coefficient (Wildman–Crippen LogP) is 2.66.